The molecule has 0 atom stereocenters. The van der Waals surface area contributed by atoms with E-state index in [0.29, 0.717) is 54.2 Å². The van der Waals surface area contributed by atoms with Crippen molar-refractivity contribution in [2.75, 3.05) is 13.2 Å². The van der Waals surface area contributed by atoms with E-state index in [9.17, 15) is 19.5 Å². The van der Waals surface area contributed by atoms with Crippen LogP contribution < -0.4 is 4.74 Å². The minimum atomic E-state index is -0.910. The normalized spacial score (nSPS) is 21.7. The molecule has 7 heteroatoms. The minimum Gasteiger partial charge on any atom is -0.494 e. The number of carboxylic acid groups (broad SMARTS) is 1. The van der Waals surface area contributed by atoms with Crippen LogP contribution in [0.15, 0.2) is 40.7 Å². The highest BCUT2D eigenvalue weighted by atomic mass is 35.5. The number of aliphatic carboxylic acids is 1. The molecule has 0 saturated heterocycles. The maximum Gasteiger partial charge on any atom is 0.305 e. The molecule has 0 fully saturated rings. The summed E-state index contributed by atoms with van der Waals surface area (Å²) in [6.45, 7) is 10.8. The van der Waals surface area contributed by atoms with Crippen LogP contribution >= 0.6 is 11.6 Å². The van der Waals surface area contributed by atoms with Crippen LogP contribution in [-0.2, 0) is 14.4 Å². The van der Waals surface area contributed by atoms with Gasteiger partial charge < -0.3 is 14.7 Å². The fourth-order valence-corrected chi connectivity index (χ4v) is 6.05. The number of halogens is 1. The van der Waals surface area contributed by atoms with Gasteiger partial charge in [0.2, 0.25) is 0 Å². The molecule has 6 nitrogen and oxygen atoms in total. The topological polar surface area (TPSA) is 83.9 Å². The summed E-state index contributed by atoms with van der Waals surface area (Å²) in [5, 5.41) is 9.99. The second-order valence-electron chi connectivity index (χ2n) is 11.4. The summed E-state index contributed by atoms with van der Waals surface area (Å²) in [6, 6.07) is 5.35. The molecule has 1 heterocycles. The molecule has 4 rings (SSSR count). The second-order valence-corrected chi connectivity index (χ2v) is 11.9. The Morgan fingerprint density at radius 1 is 1.03 bits per heavy atom. The molecule has 0 aromatic heterocycles. The number of carboxylic acids is 1. The standard InChI is InChI=1S/C28H34ClNO5/c1-6-35-22-8-7-16(29)11-17(22)24-25-18(12-27(2,3)14-20(25)31)30(10-9-23(33)34)19-13-28(4,5)15-21(32)26(19)24/h7-8,11,24H,6,9-10,12-15H2,1-5H3,(H,33,34). The first-order chi connectivity index (χ1) is 16.3. The van der Waals surface area contributed by atoms with Crippen LogP contribution in [0.5, 0.6) is 5.75 Å². The van der Waals surface area contributed by atoms with Gasteiger partial charge in [-0.05, 0) is 48.8 Å². The number of ether oxygens (including phenoxy) is 1. The van der Waals surface area contributed by atoms with Gasteiger partial charge in [0.15, 0.2) is 11.6 Å². The summed E-state index contributed by atoms with van der Waals surface area (Å²) in [4.78, 5) is 41.1. The van der Waals surface area contributed by atoms with Crippen molar-refractivity contribution in [1.82, 2.24) is 4.90 Å². The lowest BCUT2D eigenvalue weighted by molar-refractivity contribution is -0.137. The molecule has 35 heavy (non-hydrogen) atoms. The lowest BCUT2D eigenvalue weighted by Crippen LogP contribution is -2.45. The molecule has 2 aliphatic carbocycles. The third kappa shape index (κ3) is 4.90. The highest BCUT2D eigenvalue weighted by molar-refractivity contribution is 6.30. The van der Waals surface area contributed by atoms with Gasteiger partial charge in [-0.3, -0.25) is 14.4 Å². The smallest absolute Gasteiger partial charge is 0.305 e. The maximum absolute atomic E-state index is 13.8. The first kappa shape index (κ1) is 25.5. The Kier molecular flexibility index (Phi) is 6.64. The zero-order valence-electron chi connectivity index (χ0n) is 21.2. The third-order valence-electron chi connectivity index (χ3n) is 7.15. The zero-order valence-corrected chi connectivity index (χ0v) is 21.9. The molecular formula is C28H34ClNO5. The van der Waals surface area contributed by atoms with Crippen molar-refractivity contribution in [2.24, 2.45) is 10.8 Å². The van der Waals surface area contributed by atoms with Crippen LogP contribution in [0, 0.1) is 10.8 Å². The quantitative estimate of drug-likeness (QED) is 0.524. The molecule has 1 N–H and O–H groups in total. The van der Waals surface area contributed by atoms with Crippen molar-refractivity contribution in [3.63, 3.8) is 0 Å². The largest absolute Gasteiger partial charge is 0.494 e. The summed E-state index contributed by atoms with van der Waals surface area (Å²) >= 11 is 6.43. The number of carbonyl (C=O) groups excluding carboxylic acids is 2. The van der Waals surface area contributed by atoms with Gasteiger partial charge in [-0.1, -0.05) is 39.3 Å². The van der Waals surface area contributed by atoms with Crippen molar-refractivity contribution >= 4 is 29.1 Å². The molecule has 1 aliphatic heterocycles. The van der Waals surface area contributed by atoms with Crippen LogP contribution in [0.1, 0.15) is 78.2 Å². The Morgan fingerprint density at radius 2 is 1.57 bits per heavy atom. The zero-order chi connectivity index (χ0) is 25.7. The van der Waals surface area contributed by atoms with Gasteiger partial charge >= 0.3 is 5.97 Å². The molecule has 0 bridgehead atoms. The van der Waals surface area contributed by atoms with E-state index < -0.39 is 11.9 Å². The van der Waals surface area contributed by atoms with Gasteiger partial charge in [-0.25, -0.2) is 0 Å². The Hall–Kier alpha value is -2.60. The first-order valence-electron chi connectivity index (χ1n) is 12.3. The van der Waals surface area contributed by atoms with E-state index in [2.05, 4.69) is 27.7 Å². The molecule has 1 aromatic carbocycles. The number of nitrogens with zero attached hydrogens (tertiary/aromatic N) is 1. The number of carbonyl (C=O) groups is 3. The van der Waals surface area contributed by atoms with Gasteiger partial charge in [0, 0.05) is 58.4 Å². The molecule has 0 spiro atoms. The first-order valence-corrected chi connectivity index (χ1v) is 12.7. The molecule has 0 amide bonds. The van der Waals surface area contributed by atoms with Gasteiger partial charge in [-0.15, -0.1) is 0 Å². The average molecular weight is 500 g/mol. The lowest BCUT2D eigenvalue weighted by atomic mass is 9.63. The maximum atomic E-state index is 13.8. The fourth-order valence-electron chi connectivity index (χ4n) is 5.87. The Balaban J connectivity index is 2.02. The SMILES string of the molecule is CCOc1ccc(Cl)cc1C1C2=C(CC(C)(C)CC2=O)N(CCC(=O)O)C2=C1C(=O)CC(C)(C)C2. The molecular weight excluding hydrogens is 466 g/mol. The van der Waals surface area contributed by atoms with Crippen LogP contribution in [0.4, 0.5) is 0 Å². The van der Waals surface area contributed by atoms with Gasteiger partial charge in [0.1, 0.15) is 5.75 Å². The fraction of sp³-hybridized carbons (Fsp3) is 0.536. The molecule has 3 aliphatic rings. The number of ketones is 2. The predicted octanol–water partition coefficient (Wildman–Crippen LogP) is 5.90. The monoisotopic (exact) mass is 499 g/mol. The summed E-state index contributed by atoms with van der Waals surface area (Å²) in [7, 11) is 0. The van der Waals surface area contributed by atoms with Crippen molar-refractivity contribution in [3.8, 4) is 5.75 Å². The second kappa shape index (κ2) is 9.12. The van der Waals surface area contributed by atoms with E-state index >= 15 is 0 Å². The molecule has 0 saturated carbocycles. The predicted molar refractivity (Wildman–Crippen MR) is 134 cm³/mol. The molecule has 0 unspecified atom stereocenters. The Labute approximate surface area is 212 Å². The van der Waals surface area contributed by atoms with E-state index in [-0.39, 0.29) is 35.4 Å². The van der Waals surface area contributed by atoms with Crippen LogP contribution in [0.3, 0.4) is 0 Å². The van der Waals surface area contributed by atoms with E-state index in [0.717, 1.165) is 17.0 Å². The van der Waals surface area contributed by atoms with Crippen molar-refractivity contribution in [3.05, 3.63) is 51.3 Å². The number of hydrogen-bond donors (Lipinski definition) is 1. The number of allylic oxidation sites excluding steroid dienone is 4. The van der Waals surface area contributed by atoms with Gasteiger partial charge in [0.05, 0.1) is 13.0 Å². The van der Waals surface area contributed by atoms with Gasteiger partial charge in [-0.2, -0.15) is 0 Å². The highest BCUT2D eigenvalue weighted by Crippen LogP contribution is 2.55. The van der Waals surface area contributed by atoms with E-state index in [4.69, 9.17) is 16.3 Å². The number of rotatable bonds is 6. The summed E-state index contributed by atoms with van der Waals surface area (Å²) < 4.78 is 5.95. The lowest BCUT2D eigenvalue weighted by Gasteiger charge is -2.49. The number of benzene rings is 1. The Bertz CT molecular complexity index is 1110. The van der Waals surface area contributed by atoms with Crippen LogP contribution in [0.2, 0.25) is 5.02 Å². The van der Waals surface area contributed by atoms with E-state index in [1.54, 1.807) is 18.2 Å². The molecule has 0 radical (unpaired) electrons. The minimum absolute atomic E-state index is 0.00631. The third-order valence-corrected chi connectivity index (χ3v) is 7.39. The van der Waals surface area contributed by atoms with Crippen molar-refractivity contribution in [2.45, 2.75) is 72.6 Å². The average Bonchev–Trinajstić information content (AvgIpc) is 2.71. The summed E-state index contributed by atoms with van der Waals surface area (Å²) in [5.41, 5.74) is 3.03. The van der Waals surface area contributed by atoms with Gasteiger partial charge in [0.25, 0.3) is 0 Å². The number of hydrogen-bond acceptors (Lipinski definition) is 5. The molecule has 188 valence electrons. The summed E-state index contributed by atoms with van der Waals surface area (Å²) in [5.74, 6) is -0.891. The Morgan fingerprint density at radius 3 is 2.06 bits per heavy atom. The number of Topliss-reactive ketones (excluding diaryl/α,β-unsaturated/α-hetero) is 2. The van der Waals surface area contributed by atoms with Crippen molar-refractivity contribution < 1.29 is 24.2 Å². The van der Waals surface area contributed by atoms with Crippen molar-refractivity contribution in [1.29, 1.82) is 0 Å². The van der Waals surface area contributed by atoms with Crippen LogP contribution in [0.25, 0.3) is 0 Å². The van der Waals surface area contributed by atoms with E-state index in [1.165, 1.54) is 0 Å². The van der Waals surface area contributed by atoms with Crippen LogP contribution in [-0.4, -0.2) is 40.7 Å². The van der Waals surface area contributed by atoms with E-state index in [1.807, 2.05) is 11.8 Å². The highest BCUT2D eigenvalue weighted by Gasteiger charge is 2.49. The molecule has 1 aromatic rings. The summed E-state index contributed by atoms with van der Waals surface area (Å²) in [6.07, 6.45) is 1.90.